The lowest BCUT2D eigenvalue weighted by molar-refractivity contribution is -0.120. The zero-order valence-electron chi connectivity index (χ0n) is 15.1. The van der Waals surface area contributed by atoms with E-state index in [1.54, 1.807) is 21.1 Å². The van der Waals surface area contributed by atoms with Gasteiger partial charge >= 0.3 is 0 Å². The van der Waals surface area contributed by atoms with Crippen molar-refractivity contribution in [2.24, 2.45) is 0 Å². The van der Waals surface area contributed by atoms with Gasteiger partial charge in [0.1, 0.15) is 6.29 Å². The van der Waals surface area contributed by atoms with Crippen LogP contribution in [0.15, 0.2) is 18.2 Å². The number of aldehydes is 1. The third-order valence-corrected chi connectivity index (χ3v) is 4.18. The quantitative estimate of drug-likeness (QED) is 0.701. The van der Waals surface area contributed by atoms with E-state index in [0.29, 0.717) is 12.3 Å². The number of anilines is 2. The van der Waals surface area contributed by atoms with Crippen molar-refractivity contribution < 1.29 is 14.4 Å². The lowest BCUT2D eigenvalue weighted by Gasteiger charge is -2.30. The average molecular weight is 333 g/mol. The van der Waals surface area contributed by atoms with Gasteiger partial charge in [0.15, 0.2) is 0 Å². The van der Waals surface area contributed by atoms with Gasteiger partial charge in [-0.2, -0.15) is 0 Å². The monoisotopic (exact) mass is 333 g/mol. The van der Waals surface area contributed by atoms with Crippen molar-refractivity contribution >= 4 is 30.0 Å². The zero-order chi connectivity index (χ0) is 18.3. The van der Waals surface area contributed by atoms with E-state index in [0.717, 1.165) is 29.6 Å². The second-order valence-corrected chi connectivity index (χ2v) is 6.15. The van der Waals surface area contributed by atoms with E-state index < -0.39 is 6.04 Å². The Morgan fingerprint density at radius 2 is 1.88 bits per heavy atom. The molecule has 132 valence electrons. The first-order chi connectivity index (χ1) is 11.3. The van der Waals surface area contributed by atoms with Crippen LogP contribution in [-0.2, 0) is 14.4 Å². The third-order valence-electron chi connectivity index (χ3n) is 4.18. The Labute approximate surface area is 143 Å². The molecule has 6 heteroatoms. The molecular weight excluding hydrogens is 306 g/mol. The summed E-state index contributed by atoms with van der Waals surface area (Å²) < 4.78 is 0. The third kappa shape index (κ3) is 4.81. The number of benzene rings is 1. The topological polar surface area (TPSA) is 69.7 Å². The number of likely N-dealkylation sites (N-methyl/N-ethyl adjacent to an activating group) is 1. The molecule has 0 aliphatic carbocycles. The molecule has 0 saturated heterocycles. The molecule has 6 nitrogen and oxygen atoms in total. The standard InChI is InChI=1S/C18H27N3O3/c1-13(2)14-6-8-16(17(10-14)20(4)12-23)21(5)15(11-22)7-9-18(24)19-3/h6,8,10-13,15H,7,9H2,1-5H3,(H,19,24). The molecule has 0 spiro atoms. The SMILES string of the molecule is CNC(=O)CCC(C=O)N(C)c1ccc(C(C)C)cc1N(C)C=O. The van der Waals surface area contributed by atoms with Crippen LogP contribution in [0.4, 0.5) is 11.4 Å². The van der Waals surface area contributed by atoms with Crippen LogP contribution >= 0.6 is 0 Å². The van der Waals surface area contributed by atoms with E-state index >= 15 is 0 Å². The van der Waals surface area contributed by atoms with Gasteiger partial charge < -0.3 is 19.9 Å². The Morgan fingerprint density at radius 3 is 2.38 bits per heavy atom. The molecule has 1 unspecified atom stereocenters. The molecule has 24 heavy (non-hydrogen) atoms. The molecule has 1 aromatic carbocycles. The molecule has 0 aliphatic heterocycles. The summed E-state index contributed by atoms with van der Waals surface area (Å²) in [5.41, 5.74) is 2.64. The molecule has 1 aromatic rings. The first-order valence-corrected chi connectivity index (χ1v) is 8.06. The van der Waals surface area contributed by atoms with Gasteiger partial charge in [-0.3, -0.25) is 9.59 Å². The number of nitrogens with zero attached hydrogens (tertiary/aromatic N) is 2. The number of nitrogens with one attached hydrogen (secondary N) is 1. The molecule has 2 amide bonds. The van der Waals surface area contributed by atoms with Crippen molar-refractivity contribution in [3.05, 3.63) is 23.8 Å². The summed E-state index contributed by atoms with van der Waals surface area (Å²) in [4.78, 5) is 37.5. The molecule has 0 bridgehead atoms. The van der Waals surface area contributed by atoms with E-state index in [2.05, 4.69) is 19.2 Å². The zero-order valence-corrected chi connectivity index (χ0v) is 15.1. The summed E-state index contributed by atoms with van der Waals surface area (Å²) in [6.07, 6.45) is 2.27. The van der Waals surface area contributed by atoms with Crippen LogP contribution in [0.5, 0.6) is 0 Å². The van der Waals surface area contributed by atoms with Crippen molar-refractivity contribution in [3.8, 4) is 0 Å². The number of hydrogen-bond acceptors (Lipinski definition) is 4. The van der Waals surface area contributed by atoms with Gasteiger partial charge in [0, 0.05) is 27.6 Å². The van der Waals surface area contributed by atoms with Gasteiger partial charge in [-0.1, -0.05) is 19.9 Å². The second-order valence-electron chi connectivity index (χ2n) is 6.15. The summed E-state index contributed by atoms with van der Waals surface area (Å²) in [5, 5.41) is 2.55. The lowest BCUT2D eigenvalue weighted by atomic mass is 10.0. The smallest absolute Gasteiger partial charge is 0.219 e. The highest BCUT2D eigenvalue weighted by Gasteiger charge is 2.20. The maximum absolute atomic E-state index is 11.5. The molecule has 1 N–H and O–H groups in total. The summed E-state index contributed by atoms with van der Waals surface area (Å²) >= 11 is 0. The normalized spacial score (nSPS) is 11.8. The first kappa shape index (κ1) is 19.7. The Balaban J connectivity index is 3.14. The highest BCUT2D eigenvalue weighted by Crippen LogP contribution is 2.32. The van der Waals surface area contributed by atoms with Crippen molar-refractivity contribution in [2.75, 3.05) is 30.9 Å². The summed E-state index contributed by atoms with van der Waals surface area (Å²) in [6.45, 7) is 4.17. The van der Waals surface area contributed by atoms with Crippen LogP contribution in [0.1, 0.15) is 38.2 Å². The van der Waals surface area contributed by atoms with Crippen LogP contribution in [0.25, 0.3) is 0 Å². The molecule has 0 heterocycles. The molecule has 1 rings (SSSR count). The summed E-state index contributed by atoms with van der Waals surface area (Å²) in [7, 11) is 5.06. The minimum absolute atomic E-state index is 0.101. The molecule has 0 saturated carbocycles. The largest absolute Gasteiger partial charge is 0.363 e. The van der Waals surface area contributed by atoms with Gasteiger partial charge in [0.2, 0.25) is 12.3 Å². The highest BCUT2D eigenvalue weighted by atomic mass is 16.1. The second kappa shape index (κ2) is 9.05. The summed E-state index contributed by atoms with van der Waals surface area (Å²) in [5.74, 6) is 0.230. The maximum atomic E-state index is 11.5. The van der Waals surface area contributed by atoms with E-state index in [9.17, 15) is 14.4 Å². The average Bonchev–Trinajstić information content (AvgIpc) is 2.60. The molecular formula is C18H27N3O3. The predicted octanol–water partition coefficient (Wildman–Crippen LogP) is 1.93. The predicted molar refractivity (Wildman–Crippen MR) is 96.6 cm³/mol. The van der Waals surface area contributed by atoms with Gasteiger partial charge in [-0.25, -0.2) is 0 Å². The summed E-state index contributed by atoms with van der Waals surface area (Å²) in [6, 6.07) is 5.44. The fourth-order valence-electron chi connectivity index (χ4n) is 2.47. The molecule has 1 atom stereocenters. The maximum Gasteiger partial charge on any atom is 0.219 e. The first-order valence-electron chi connectivity index (χ1n) is 8.06. The van der Waals surface area contributed by atoms with Crippen LogP contribution in [0, 0.1) is 0 Å². The van der Waals surface area contributed by atoms with Gasteiger partial charge in [0.05, 0.1) is 17.4 Å². The fourth-order valence-corrected chi connectivity index (χ4v) is 2.47. The number of hydrogen-bond donors (Lipinski definition) is 1. The van der Waals surface area contributed by atoms with Crippen molar-refractivity contribution in [3.63, 3.8) is 0 Å². The fraction of sp³-hybridized carbons (Fsp3) is 0.500. The van der Waals surface area contributed by atoms with Crippen LogP contribution in [0.3, 0.4) is 0 Å². The minimum atomic E-state index is -0.439. The molecule has 0 fully saturated rings. The lowest BCUT2D eigenvalue weighted by Crippen LogP contribution is -2.35. The van der Waals surface area contributed by atoms with Crippen LogP contribution in [-0.4, -0.2) is 45.8 Å². The van der Waals surface area contributed by atoms with E-state index in [1.165, 1.54) is 4.90 Å². The number of carbonyl (C=O) groups excluding carboxylic acids is 3. The van der Waals surface area contributed by atoms with Crippen LogP contribution < -0.4 is 15.1 Å². The van der Waals surface area contributed by atoms with E-state index in [1.807, 2.05) is 23.1 Å². The Hall–Kier alpha value is -2.37. The number of amides is 2. The Kier molecular flexibility index (Phi) is 7.42. The highest BCUT2D eigenvalue weighted by molar-refractivity contribution is 5.85. The van der Waals surface area contributed by atoms with Crippen molar-refractivity contribution in [1.82, 2.24) is 5.32 Å². The van der Waals surface area contributed by atoms with Crippen LogP contribution in [0.2, 0.25) is 0 Å². The van der Waals surface area contributed by atoms with E-state index in [-0.39, 0.29) is 12.3 Å². The molecule has 0 aromatic heterocycles. The Morgan fingerprint density at radius 1 is 1.21 bits per heavy atom. The minimum Gasteiger partial charge on any atom is -0.363 e. The number of carbonyl (C=O) groups is 3. The van der Waals surface area contributed by atoms with Crippen molar-refractivity contribution in [1.29, 1.82) is 0 Å². The van der Waals surface area contributed by atoms with E-state index in [4.69, 9.17) is 0 Å². The molecule has 0 radical (unpaired) electrons. The van der Waals surface area contributed by atoms with Gasteiger partial charge in [-0.15, -0.1) is 0 Å². The van der Waals surface area contributed by atoms with Crippen molar-refractivity contribution in [2.45, 2.75) is 38.6 Å². The number of rotatable bonds is 9. The van der Waals surface area contributed by atoms with Gasteiger partial charge in [0.25, 0.3) is 0 Å². The van der Waals surface area contributed by atoms with Gasteiger partial charge in [-0.05, 0) is 30.0 Å². The molecule has 0 aliphatic rings. The Bertz CT molecular complexity index is 587.